The summed E-state index contributed by atoms with van der Waals surface area (Å²) in [6.07, 6.45) is 2.17. The molecule has 2 rings (SSSR count). The first-order valence-corrected chi connectivity index (χ1v) is 6.16. The topological polar surface area (TPSA) is 55.1 Å². The number of hydrogen-bond donors (Lipinski definition) is 1. The minimum Gasteiger partial charge on any atom is -0.478 e. The van der Waals surface area contributed by atoms with Gasteiger partial charge in [0.25, 0.3) is 0 Å². The maximum atomic E-state index is 13.6. The normalized spacial score (nSPS) is 11.2. The second-order valence-electron chi connectivity index (χ2n) is 4.61. The van der Waals surface area contributed by atoms with Crippen LogP contribution in [0.4, 0.5) is 4.39 Å². The van der Waals surface area contributed by atoms with E-state index in [9.17, 15) is 9.18 Å². The van der Waals surface area contributed by atoms with Gasteiger partial charge in [0.05, 0.1) is 12.2 Å². The second-order valence-corrected chi connectivity index (χ2v) is 4.61. The number of aryl methyl sites for hydroxylation is 2. The number of aliphatic carboxylic acids is 1. The van der Waals surface area contributed by atoms with E-state index in [4.69, 9.17) is 5.11 Å². The maximum Gasteiger partial charge on any atom is 0.328 e. The fraction of sp³-hybridized carbons (Fsp3) is 0.200. The van der Waals surface area contributed by atoms with Crippen molar-refractivity contribution in [3.8, 4) is 0 Å². The van der Waals surface area contributed by atoms with Crippen LogP contribution in [0, 0.1) is 19.7 Å². The van der Waals surface area contributed by atoms with Crippen LogP contribution in [0.25, 0.3) is 6.08 Å². The Morgan fingerprint density at radius 1 is 1.40 bits per heavy atom. The molecule has 0 aliphatic rings. The molecule has 1 heterocycles. The van der Waals surface area contributed by atoms with E-state index in [2.05, 4.69) is 5.10 Å². The molecule has 0 unspecified atom stereocenters. The van der Waals surface area contributed by atoms with Gasteiger partial charge in [-0.2, -0.15) is 5.10 Å². The Morgan fingerprint density at radius 3 is 2.75 bits per heavy atom. The smallest absolute Gasteiger partial charge is 0.328 e. The third-order valence-electron chi connectivity index (χ3n) is 2.90. The average Bonchev–Trinajstić information content (AvgIpc) is 2.68. The lowest BCUT2D eigenvalue weighted by molar-refractivity contribution is -0.131. The Morgan fingerprint density at radius 2 is 2.15 bits per heavy atom. The maximum absolute atomic E-state index is 13.6. The zero-order chi connectivity index (χ0) is 14.7. The van der Waals surface area contributed by atoms with Gasteiger partial charge in [-0.05, 0) is 43.7 Å². The molecule has 0 aliphatic heterocycles. The van der Waals surface area contributed by atoms with Crippen LogP contribution in [0.5, 0.6) is 0 Å². The first-order chi connectivity index (χ1) is 9.45. The molecule has 0 radical (unpaired) electrons. The Labute approximate surface area is 116 Å². The number of carbonyl (C=O) groups is 1. The van der Waals surface area contributed by atoms with Crippen LogP contribution in [0.1, 0.15) is 22.5 Å². The largest absolute Gasteiger partial charge is 0.478 e. The van der Waals surface area contributed by atoms with Gasteiger partial charge in [-0.3, -0.25) is 4.68 Å². The number of nitrogens with zero attached hydrogens (tertiary/aromatic N) is 2. The van der Waals surface area contributed by atoms with E-state index >= 15 is 0 Å². The molecule has 0 amide bonds. The summed E-state index contributed by atoms with van der Waals surface area (Å²) in [5.41, 5.74) is 3.07. The third-order valence-corrected chi connectivity index (χ3v) is 2.90. The van der Waals surface area contributed by atoms with Crippen molar-refractivity contribution < 1.29 is 14.3 Å². The minimum atomic E-state index is -1.10. The lowest BCUT2D eigenvalue weighted by Crippen LogP contribution is -2.04. The van der Waals surface area contributed by atoms with Crippen LogP contribution in [-0.4, -0.2) is 20.9 Å². The van der Waals surface area contributed by atoms with E-state index < -0.39 is 11.8 Å². The van der Waals surface area contributed by atoms with Crippen molar-refractivity contribution in [1.82, 2.24) is 9.78 Å². The summed E-state index contributed by atoms with van der Waals surface area (Å²) < 4.78 is 15.4. The summed E-state index contributed by atoms with van der Waals surface area (Å²) in [7, 11) is 0. The van der Waals surface area contributed by atoms with Crippen molar-refractivity contribution in [2.75, 3.05) is 0 Å². The van der Waals surface area contributed by atoms with Gasteiger partial charge in [0.15, 0.2) is 0 Å². The molecule has 2 aromatic rings. The summed E-state index contributed by atoms with van der Waals surface area (Å²) in [4.78, 5) is 10.5. The molecule has 104 valence electrons. The molecule has 5 heteroatoms. The fourth-order valence-corrected chi connectivity index (χ4v) is 1.99. The Kier molecular flexibility index (Phi) is 3.98. The first-order valence-electron chi connectivity index (χ1n) is 6.16. The van der Waals surface area contributed by atoms with Crippen molar-refractivity contribution in [3.63, 3.8) is 0 Å². The number of hydrogen-bond acceptors (Lipinski definition) is 2. The van der Waals surface area contributed by atoms with Crippen molar-refractivity contribution >= 4 is 12.0 Å². The summed E-state index contributed by atoms with van der Waals surface area (Å²) in [6.45, 7) is 4.39. The molecular formula is C15H15FN2O2. The highest BCUT2D eigenvalue weighted by Gasteiger charge is 2.05. The lowest BCUT2D eigenvalue weighted by atomic mass is 10.1. The molecule has 0 fully saturated rings. The number of halogens is 1. The molecule has 0 bridgehead atoms. The van der Waals surface area contributed by atoms with Crippen LogP contribution >= 0.6 is 0 Å². The van der Waals surface area contributed by atoms with Crippen molar-refractivity contribution in [2.24, 2.45) is 0 Å². The molecule has 1 N–H and O–H groups in total. The van der Waals surface area contributed by atoms with Gasteiger partial charge < -0.3 is 5.11 Å². The van der Waals surface area contributed by atoms with Crippen molar-refractivity contribution in [3.05, 3.63) is 58.7 Å². The molecule has 0 saturated carbocycles. The van der Waals surface area contributed by atoms with Gasteiger partial charge in [0.1, 0.15) is 5.82 Å². The molecule has 0 spiro atoms. The Hall–Kier alpha value is -2.43. The van der Waals surface area contributed by atoms with E-state index in [1.54, 1.807) is 12.1 Å². The standard InChI is InChI=1S/C15H15FN2O2/c1-10-7-11(2)18(17-10)9-12-3-5-14(16)13(8-12)4-6-15(19)20/h3-8H,9H2,1-2H3,(H,19,20). The molecule has 1 aromatic carbocycles. The van der Waals surface area contributed by atoms with Crippen LogP contribution in [0.3, 0.4) is 0 Å². The van der Waals surface area contributed by atoms with E-state index in [-0.39, 0.29) is 5.56 Å². The lowest BCUT2D eigenvalue weighted by Gasteiger charge is -2.06. The number of benzene rings is 1. The van der Waals surface area contributed by atoms with Crippen LogP contribution in [0.2, 0.25) is 0 Å². The highest BCUT2D eigenvalue weighted by molar-refractivity contribution is 5.85. The molecular weight excluding hydrogens is 259 g/mol. The Balaban J connectivity index is 2.27. The van der Waals surface area contributed by atoms with Gasteiger partial charge in [-0.25, -0.2) is 9.18 Å². The molecule has 0 saturated heterocycles. The minimum absolute atomic E-state index is 0.256. The van der Waals surface area contributed by atoms with Crippen molar-refractivity contribution in [1.29, 1.82) is 0 Å². The second kappa shape index (κ2) is 5.69. The number of aromatic nitrogens is 2. The van der Waals surface area contributed by atoms with Gasteiger partial charge in [0.2, 0.25) is 0 Å². The molecule has 4 nitrogen and oxygen atoms in total. The summed E-state index contributed by atoms with van der Waals surface area (Å²) in [5.74, 6) is -1.55. The average molecular weight is 274 g/mol. The zero-order valence-electron chi connectivity index (χ0n) is 11.3. The summed E-state index contributed by atoms with van der Waals surface area (Å²) in [6, 6.07) is 6.60. The fourth-order valence-electron chi connectivity index (χ4n) is 1.99. The van der Waals surface area contributed by atoms with Crippen LogP contribution in [0.15, 0.2) is 30.3 Å². The molecule has 20 heavy (non-hydrogen) atoms. The predicted octanol–water partition coefficient (Wildman–Crippen LogP) is 2.79. The predicted molar refractivity (Wildman–Crippen MR) is 73.9 cm³/mol. The van der Waals surface area contributed by atoms with Crippen LogP contribution < -0.4 is 0 Å². The number of rotatable bonds is 4. The Bertz CT molecular complexity index is 675. The molecule has 0 atom stereocenters. The highest BCUT2D eigenvalue weighted by atomic mass is 19.1. The molecule has 0 aliphatic carbocycles. The van der Waals surface area contributed by atoms with Gasteiger partial charge in [-0.1, -0.05) is 6.07 Å². The van der Waals surface area contributed by atoms with Crippen LogP contribution in [-0.2, 0) is 11.3 Å². The first kappa shape index (κ1) is 14.0. The number of carboxylic acid groups (broad SMARTS) is 1. The van der Waals surface area contributed by atoms with Gasteiger partial charge in [0, 0.05) is 17.3 Å². The molecule has 1 aromatic heterocycles. The highest BCUT2D eigenvalue weighted by Crippen LogP contribution is 2.14. The van der Waals surface area contributed by atoms with Crippen molar-refractivity contribution in [2.45, 2.75) is 20.4 Å². The quantitative estimate of drug-likeness (QED) is 0.872. The third kappa shape index (κ3) is 3.32. The summed E-state index contributed by atoms with van der Waals surface area (Å²) in [5, 5.41) is 12.9. The van der Waals surface area contributed by atoms with Gasteiger partial charge >= 0.3 is 5.97 Å². The monoisotopic (exact) mass is 274 g/mol. The van der Waals surface area contributed by atoms with E-state index in [1.165, 1.54) is 12.1 Å². The van der Waals surface area contributed by atoms with E-state index in [1.807, 2.05) is 24.6 Å². The number of carboxylic acids is 1. The van der Waals surface area contributed by atoms with Gasteiger partial charge in [-0.15, -0.1) is 0 Å². The van der Waals surface area contributed by atoms with E-state index in [0.717, 1.165) is 23.0 Å². The zero-order valence-corrected chi connectivity index (χ0v) is 11.3. The van der Waals surface area contributed by atoms with E-state index in [0.29, 0.717) is 6.54 Å². The SMILES string of the molecule is Cc1cc(C)n(Cc2ccc(F)c(C=CC(=O)O)c2)n1. The summed E-state index contributed by atoms with van der Waals surface area (Å²) >= 11 is 0.